The fourth-order valence-electron chi connectivity index (χ4n) is 1.63. The number of thiophene rings is 1. The zero-order valence-electron chi connectivity index (χ0n) is 10.5. The van der Waals surface area contributed by atoms with Crippen molar-refractivity contribution >= 4 is 23.0 Å². The minimum Gasteiger partial charge on any atom is -0.507 e. The fourth-order valence-corrected chi connectivity index (χ4v) is 2.24. The number of benzene rings is 1. The molecule has 1 aromatic carbocycles. The summed E-state index contributed by atoms with van der Waals surface area (Å²) in [5, 5.41) is 15.7. The molecule has 1 amide bonds. The zero-order valence-corrected chi connectivity index (χ0v) is 11.3. The molecule has 5 heteroatoms. The lowest BCUT2D eigenvalue weighted by Crippen LogP contribution is -2.18. The molecule has 1 aromatic heterocycles. The van der Waals surface area contributed by atoms with Gasteiger partial charge in [-0.25, -0.2) is 5.43 Å². The van der Waals surface area contributed by atoms with E-state index in [1.807, 2.05) is 24.4 Å². The standard InChI is InChI=1S/C14H14N2O2S/c1-2-11(10-6-3-4-7-12(10)17)15-16-14(18)13-8-5-9-19-13/h3-9,17H,2H2,1H3,(H,16,18). The van der Waals surface area contributed by atoms with E-state index in [0.717, 1.165) is 0 Å². The largest absolute Gasteiger partial charge is 0.507 e. The molecule has 98 valence electrons. The molecule has 0 aliphatic rings. The zero-order chi connectivity index (χ0) is 13.7. The molecule has 2 rings (SSSR count). The van der Waals surface area contributed by atoms with E-state index in [0.29, 0.717) is 22.6 Å². The number of amides is 1. The van der Waals surface area contributed by atoms with Crippen LogP contribution in [0.15, 0.2) is 46.9 Å². The Hall–Kier alpha value is -2.14. The van der Waals surface area contributed by atoms with E-state index in [-0.39, 0.29) is 11.7 Å². The minimum atomic E-state index is -0.239. The Kier molecular flexibility index (Phi) is 4.30. The maximum absolute atomic E-state index is 11.8. The van der Waals surface area contributed by atoms with Crippen molar-refractivity contribution in [2.24, 2.45) is 5.10 Å². The number of phenolic OH excluding ortho intramolecular Hbond substituents is 1. The maximum atomic E-state index is 11.8. The quantitative estimate of drug-likeness (QED) is 0.665. The number of para-hydroxylation sites is 1. The number of hydrazone groups is 1. The van der Waals surface area contributed by atoms with Gasteiger partial charge in [-0.15, -0.1) is 11.3 Å². The van der Waals surface area contributed by atoms with Crippen LogP contribution in [0.1, 0.15) is 28.6 Å². The Bertz CT molecular complexity index is 591. The molecule has 0 atom stereocenters. The van der Waals surface area contributed by atoms with Crippen LogP contribution >= 0.6 is 11.3 Å². The molecule has 0 fully saturated rings. The van der Waals surface area contributed by atoms with Crippen molar-refractivity contribution in [3.05, 3.63) is 52.2 Å². The molecule has 0 radical (unpaired) electrons. The molecule has 4 nitrogen and oxygen atoms in total. The Labute approximate surface area is 115 Å². The number of nitrogens with zero attached hydrogens (tertiary/aromatic N) is 1. The highest BCUT2D eigenvalue weighted by molar-refractivity contribution is 7.12. The highest BCUT2D eigenvalue weighted by Gasteiger charge is 2.09. The number of phenols is 1. The number of aromatic hydroxyl groups is 1. The van der Waals surface area contributed by atoms with Gasteiger partial charge in [-0.1, -0.05) is 25.1 Å². The summed E-state index contributed by atoms with van der Waals surface area (Å²) in [5.74, 6) is -0.0788. The first-order valence-electron chi connectivity index (χ1n) is 5.91. The van der Waals surface area contributed by atoms with Gasteiger partial charge < -0.3 is 5.11 Å². The second-order valence-corrected chi connectivity index (χ2v) is 4.80. The first kappa shape index (κ1) is 13.3. The molecule has 19 heavy (non-hydrogen) atoms. The number of rotatable bonds is 4. The van der Waals surface area contributed by atoms with Crippen molar-refractivity contribution in [1.29, 1.82) is 0 Å². The molecule has 0 spiro atoms. The Morgan fingerprint density at radius 2 is 2.11 bits per heavy atom. The molecule has 1 heterocycles. The van der Waals surface area contributed by atoms with Gasteiger partial charge in [0.05, 0.1) is 10.6 Å². The summed E-state index contributed by atoms with van der Waals surface area (Å²) in [6.07, 6.45) is 0.613. The fraction of sp³-hybridized carbons (Fsp3) is 0.143. The Morgan fingerprint density at radius 3 is 2.74 bits per heavy atom. The van der Waals surface area contributed by atoms with Crippen LogP contribution in [0.2, 0.25) is 0 Å². The smallest absolute Gasteiger partial charge is 0.281 e. The lowest BCUT2D eigenvalue weighted by atomic mass is 10.1. The third-order valence-electron chi connectivity index (χ3n) is 2.59. The Morgan fingerprint density at radius 1 is 1.32 bits per heavy atom. The molecule has 0 saturated carbocycles. The average Bonchev–Trinajstić information content (AvgIpc) is 2.95. The summed E-state index contributed by atoms with van der Waals surface area (Å²) in [7, 11) is 0. The maximum Gasteiger partial charge on any atom is 0.281 e. The van der Waals surface area contributed by atoms with Gasteiger partial charge in [-0.3, -0.25) is 4.79 Å². The molecule has 0 aliphatic carbocycles. The Balaban J connectivity index is 2.16. The summed E-state index contributed by atoms with van der Waals surface area (Å²) in [4.78, 5) is 12.4. The van der Waals surface area contributed by atoms with E-state index in [1.54, 1.807) is 24.3 Å². The highest BCUT2D eigenvalue weighted by atomic mass is 32.1. The molecule has 0 bridgehead atoms. The topological polar surface area (TPSA) is 61.7 Å². The first-order valence-corrected chi connectivity index (χ1v) is 6.79. The van der Waals surface area contributed by atoms with E-state index in [9.17, 15) is 9.90 Å². The van der Waals surface area contributed by atoms with Crippen LogP contribution in [0.3, 0.4) is 0 Å². The predicted octanol–water partition coefficient (Wildman–Crippen LogP) is 3.00. The normalized spacial score (nSPS) is 11.3. The van der Waals surface area contributed by atoms with E-state index >= 15 is 0 Å². The molecule has 0 saturated heterocycles. The van der Waals surface area contributed by atoms with Gasteiger partial charge in [-0.05, 0) is 30.0 Å². The average molecular weight is 274 g/mol. The van der Waals surface area contributed by atoms with Crippen LogP contribution < -0.4 is 5.43 Å². The number of carbonyl (C=O) groups is 1. The first-order chi connectivity index (χ1) is 9.22. The van der Waals surface area contributed by atoms with Gasteiger partial charge in [0, 0.05) is 5.56 Å². The lowest BCUT2D eigenvalue weighted by Gasteiger charge is -2.06. The van der Waals surface area contributed by atoms with Crippen molar-refractivity contribution in [2.45, 2.75) is 13.3 Å². The van der Waals surface area contributed by atoms with Crippen molar-refractivity contribution in [3.63, 3.8) is 0 Å². The van der Waals surface area contributed by atoms with Crippen LogP contribution in [0.25, 0.3) is 0 Å². The SMILES string of the molecule is CCC(=NNC(=O)c1cccs1)c1ccccc1O. The third-order valence-corrected chi connectivity index (χ3v) is 3.46. The molecule has 2 N–H and O–H groups in total. The highest BCUT2D eigenvalue weighted by Crippen LogP contribution is 2.18. The van der Waals surface area contributed by atoms with Gasteiger partial charge in [0.25, 0.3) is 5.91 Å². The molecule has 0 aliphatic heterocycles. The van der Waals surface area contributed by atoms with Crippen molar-refractivity contribution in [2.75, 3.05) is 0 Å². The number of hydrogen-bond acceptors (Lipinski definition) is 4. The van der Waals surface area contributed by atoms with Crippen LogP contribution in [0, 0.1) is 0 Å². The van der Waals surface area contributed by atoms with E-state index in [1.165, 1.54) is 11.3 Å². The van der Waals surface area contributed by atoms with Gasteiger partial charge in [0.15, 0.2) is 0 Å². The van der Waals surface area contributed by atoms with Crippen LogP contribution in [0.5, 0.6) is 5.75 Å². The molecule has 0 unspecified atom stereocenters. The number of carbonyl (C=O) groups excluding carboxylic acids is 1. The summed E-state index contributed by atoms with van der Waals surface area (Å²) in [5.41, 5.74) is 3.79. The second kappa shape index (κ2) is 6.15. The third kappa shape index (κ3) is 3.20. The number of nitrogens with one attached hydrogen (secondary N) is 1. The lowest BCUT2D eigenvalue weighted by molar-refractivity contribution is 0.0959. The molecule has 2 aromatic rings. The second-order valence-electron chi connectivity index (χ2n) is 3.85. The summed E-state index contributed by atoms with van der Waals surface area (Å²) in [6, 6.07) is 10.5. The minimum absolute atomic E-state index is 0.161. The van der Waals surface area contributed by atoms with Gasteiger partial charge >= 0.3 is 0 Å². The van der Waals surface area contributed by atoms with Gasteiger partial charge in [0.2, 0.25) is 0 Å². The summed E-state index contributed by atoms with van der Waals surface area (Å²) < 4.78 is 0. The monoisotopic (exact) mass is 274 g/mol. The van der Waals surface area contributed by atoms with Crippen molar-refractivity contribution in [3.8, 4) is 5.75 Å². The predicted molar refractivity (Wildman–Crippen MR) is 76.7 cm³/mol. The summed E-state index contributed by atoms with van der Waals surface area (Å²) in [6.45, 7) is 1.92. The molecular formula is C14H14N2O2S. The van der Waals surface area contributed by atoms with E-state index in [4.69, 9.17) is 0 Å². The van der Waals surface area contributed by atoms with Crippen LogP contribution in [0.4, 0.5) is 0 Å². The summed E-state index contributed by atoms with van der Waals surface area (Å²) >= 11 is 1.36. The van der Waals surface area contributed by atoms with Gasteiger partial charge in [0.1, 0.15) is 5.75 Å². The van der Waals surface area contributed by atoms with Crippen molar-refractivity contribution in [1.82, 2.24) is 5.43 Å². The van der Waals surface area contributed by atoms with Crippen LogP contribution in [-0.2, 0) is 0 Å². The van der Waals surface area contributed by atoms with Crippen molar-refractivity contribution < 1.29 is 9.90 Å². The number of hydrogen-bond donors (Lipinski definition) is 2. The van der Waals surface area contributed by atoms with E-state index in [2.05, 4.69) is 10.5 Å². The molecular weight excluding hydrogens is 260 g/mol. The van der Waals surface area contributed by atoms with Gasteiger partial charge in [-0.2, -0.15) is 5.10 Å². The van der Waals surface area contributed by atoms with E-state index < -0.39 is 0 Å². The van der Waals surface area contributed by atoms with Crippen LogP contribution in [-0.4, -0.2) is 16.7 Å².